The summed E-state index contributed by atoms with van der Waals surface area (Å²) in [5.74, 6) is 0. The van der Waals surface area contributed by atoms with Crippen LogP contribution in [0.4, 0.5) is 0 Å². The molecule has 0 saturated carbocycles. The molecule has 0 amide bonds. The molecule has 1 unspecified atom stereocenters. The van der Waals surface area contributed by atoms with Crippen LogP contribution in [0, 0.1) is 0 Å². The monoisotopic (exact) mass is 152 g/mol. The van der Waals surface area contributed by atoms with Gasteiger partial charge in [0.15, 0.2) is 0 Å². The van der Waals surface area contributed by atoms with Crippen LogP contribution < -0.4 is 0 Å². The second-order valence-corrected chi connectivity index (χ2v) is 4.32. The standard InChI is InChI=1S/C4H13O2PSi/c1-3-5-8(7)6-4-2/h8H,3-4,7H2,1-2H3. The van der Waals surface area contributed by atoms with Gasteiger partial charge in [0, 0.05) is 13.2 Å². The molecular weight excluding hydrogens is 139 g/mol. The molecule has 0 N–H and O–H groups in total. The first kappa shape index (κ1) is 8.57. The second-order valence-electron chi connectivity index (χ2n) is 1.28. The Kier molecular flexibility index (Phi) is 6.10. The Morgan fingerprint density at radius 1 is 1.25 bits per heavy atom. The third-order valence-corrected chi connectivity index (χ3v) is 3.14. The molecule has 1 atom stereocenters. The Bertz CT molecular complexity index is 47.3. The summed E-state index contributed by atoms with van der Waals surface area (Å²) in [7, 11) is 1.31. The minimum atomic E-state index is -1.29. The van der Waals surface area contributed by atoms with Crippen LogP contribution in [-0.2, 0) is 8.85 Å². The lowest BCUT2D eigenvalue weighted by Crippen LogP contribution is -2.14. The summed E-state index contributed by atoms with van der Waals surface area (Å²) in [5.41, 5.74) is 0. The summed E-state index contributed by atoms with van der Waals surface area (Å²) in [6.45, 7) is 5.48. The first-order valence-corrected chi connectivity index (χ1v) is 6.41. The molecule has 0 aliphatic heterocycles. The first-order valence-electron chi connectivity index (χ1n) is 2.80. The molecule has 2 nitrogen and oxygen atoms in total. The minimum absolute atomic E-state index is 0.764. The quantitative estimate of drug-likeness (QED) is 0.435. The van der Waals surface area contributed by atoms with Crippen molar-refractivity contribution in [2.45, 2.75) is 13.8 Å². The molecule has 0 fully saturated rings. The minimum Gasteiger partial charge on any atom is -0.394 e. The van der Waals surface area contributed by atoms with Gasteiger partial charge in [0.05, 0.1) is 0 Å². The predicted octanol–water partition coefficient (Wildman–Crippen LogP) is 0.652. The van der Waals surface area contributed by atoms with Crippen LogP contribution in [0.5, 0.6) is 0 Å². The molecule has 0 saturated heterocycles. The van der Waals surface area contributed by atoms with Gasteiger partial charge in [-0.25, -0.2) is 0 Å². The molecule has 0 aromatic rings. The number of hydrogen-bond acceptors (Lipinski definition) is 2. The maximum Gasteiger partial charge on any atom is 0.341 e. The van der Waals surface area contributed by atoms with Gasteiger partial charge in [-0.2, -0.15) is 0 Å². The summed E-state index contributed by atoms with van der Waals surface area (Å²) in [5, 5.41) is 0. The molecule has 50 valence electrons. The number of rotatable bonds is 4. The third-order valence-electron chi connectivity index (χ3n) is 0.662. The van der Waals surface area contributed by atoms with Crippen molar-refractivity contribution in [1.82, 2.24) is 0 Å². The van der Waals surface area contributed by atoms with Crippen LogP contribution in [0.1, 0.15) is 13.8 Å². The highest BCUT2D eigenvalue weighted by atomic mass is 31.3. The van der Waals surface area contributed by atoms with Crippen LogP contribution in [0.25, 0.3) is 0 Å². The number of hydrogen-bond donors (Lipinski definition) is 0. The largest absolute Gasteiger partial charge is 0.394 e. The lowest BCUT2D eigenvalue weighted by molar-refractivity contribution is 0.233. The maximum absolute atomic E-state index is 5.16. The highest BCUT2D eigenvalue weighted by Crippen LogP contribution is 1.96. The van der Waals surface area contributed by atoms with Gasteiger partial charge in [0.2, 0.25) is 0 Å². The lowest BCUT2D eigenvalue weighted by atomic mass is 10.9. The Morgan fingerprint density at radius 3 is 1.88 bits per heavy atom. The zero-order chi connectivity index (χ0) is 6.41. The molecule has 0 aliphatic carbocycles. The Hall–Kier alpha value is 0.567. The molecule has 8 heavy (non-hydrogen) atoms. The van der Waals surface area contributed by atoms with Crippen LogP contribution in [-0.4, -0.2) is 22.2 Å². The first-order chi connectivity index (χ1) is 3.81. The van der Waals surface area contributed by atoms with Gasteiger partial charge in [-0.1, -0.05) is 8.79 Å². The third kappa shape index (κ3) is 4.72. The average Bonchev–Trinajstić information content (AvgIpc) is 1.68. The van der Waals surface area contributed by atoms with E-state index in [1.165, 1.54) is 0 Å². The molecule has 0 rings (SSSR count). The van der Waals surface area contributed by atoms with Crippen molar-refractivity contribution in [3.05, 3.63) is 0 Å². The molecule has 0 aromatic heterocycles. The summed E-state index contributed by atoms with van der Waals surface area (Å²) in [4.78, 5) is 0. The topological polar surface area (TPSA) is 18.5 Å². The molecule has 0 aliphatic rings. The van der Waals surface area contributed by atoms with Crippen molar-refractivity contribution in [3.63, 3.8) is 0 Å². The fourth-order valence-electron chi connectivity index (χ4n) is 0.377. The lowest BCUT2D eigenvalue weighted by Gasteiger charge is -2.07. The summed E-state index contributed by atoms with van der Waals surface area (Å²) < 4.78 is 10.3. The molecule has 0 bridgehead atoms. The normalized spacial score (nSPS) is 10.5. The Morgan fingerprint density at radius 2 is 1.62 bits per heavy atom. The fraction of sp³-hybridized carbons (Fsp3) is 1.00. The molecule has 0 radical (unpaired) electrons. The van der Waals surface area contributed by atoms with E-state index in [0.717, 1.165) is 13.2 Å². The van der Waals surface area contributed by atoms with Crippen molar-refractivity contribution in [2.24, 2.45) is 0 Å². The molecule has 4 heteroatoms. The van der Waals surface area contributed by atoms with Gasteiger partial charge < -0.3 is 8.85 Å². The van der Waals surface area contributed by atoms with E-state index in [0.29, 0.717) is 0 Å². The average molecular weight is 152 g/mol. The van der Waals surface area contributed by atoms with Crippen molar-refractivity contribution in [1.29, 1.82) is 0 Å². The second kappa shape index (κ2) is 5.70. The van der Waals surface area contributed by atoms with E-state index in [2.05, 4.69) is 8.79 Å². The molecule has 0 aromatic carbocycles. The van der Waals surface area contributed by atoms with E-state index in [-0.39, 0.29) is 0 Å². The van der Waals surface area contributed by atoms with Crippen molar-refractivity contribution < 1.29 is 8.85 Å². The summed E-state index contributed by atoms with van der Waals surface area (Å²) in [6, 6.07) is 0. The Balaban J connectivity index is 2.92. The molecule has 0 spiro atoms. The van der Waals surface area contributed by atoms with Crippen molar-refractivity contribution in [2.75, 3.05) is 13.2 Å². The highest BCUT2D eigenvalue weighted by molar-refractivity contribution is 7.58. The van der Waals surface area contributed by atoms with Crippen LogP contribution in [0.15, 0.2) is 0 Å². The van der Waals surface area contributed by atoms with E-state index < -0.39 is 8.95 Å². The SMILES string of the molecule is CCO[SiH](P)OCC. The highest BCUT2D eigenvalue weighted by Gasteiger charge is 2.00. The smallest absolute Gasteiger partial charge is 0.341 e. The van der Waals surface area contributed by atoms with Gasteiger partial charge in [-0.3, -0.25) is 0 Å². The van der Waals surface area contributed by atoms with E-state index in [4.69, 9.17) is 8.85 Å². The van der Waals surface area contributed by atoms with Gasteiger partial charge in [-0.05, 0) is 13.8 Å². The zero-order valence-corrected chi connectivity index (χ0v) is 7.69. The van der Waals surface area contributed by atoms with Gasteiger partial charge >= 0.3 is 8.95 Å². The van der Waals surface area contributed by atoms with E-state index in [9.17, 15) is 0 Å². The summed E-state index contributed by atoms with van der Waals surface area (Å²) in [6.07, 6.45) is 0. The molecule has 0 heterocycles. The zero-order valence-electron chi connectivity index (χ0n) is 5.39. The fourth-order valence-corrected chi connectivity index (χ4v) is 2.28. The Labute approximate surface area is 54.5 Å². The van der Waals surface area contributed by atoms with Crippen LogP contribution >= 0.6 is 8.79 Å². The van der Waals surface area contributed by atoms with Gasteiger partial charge in [-0.15, -0.1) is 0 Å². The van der Waals surface area contributed by atoms with Crippen molar-refractivity contribution >= 4 is 17.7 Å². The van der Waals surface area contributed by atoms with Gasteiger partial charge in [0.25, 0.3) is 0 Å². The van der Waals surface area contributed by atoms with E-state index in [1.54, 1.807) is 0 Å². The maximum atomic E-state index is 5.16. The predicted molar refractivity (Wildman–Crippen MR) is 40.1 cm³/mol. The van der Waals surface area contributed by atoms with E-state index >= 15 is 0 Å². The molecular formula is C4H13O2PSi. The van der Waals surface area contributed by atoms with Gasteiger partial charge in [0.1, 0.15) is 0 Å². The van der Waals surface area contributed by atoms with Crippen molar-refractivity contribution in [3.8, 4) is 0 Å². The van der Waals surface area contributed by atoms with E-state index in [1.807, 2.05) is 13.8 Å². The summed E-state index contributed by atoms with van der Waals surface area (Å²) >= 11 is 0. The van der Waals surface area contributed by atoms with Crippen LogP contribution in [0.2, 0.25) is 0 Å². The van der Waals surface area contributed by atoms with Crippen LogP contribution in [0.3, 0.4) is 0 Å².